The Balaban J connectivity index is 0.000000224. The molecule has 2 aromatic heterocycles. The molecule has 0 saturated carbocycles. The molecule has 0 saturated heterocycles. The number of aliphatic carboxylic acids is 1. The number of aryl methyl sites for hydroxylation is 2. The smallest absolute Gasteiger partial charge is 0.304 e. The number of aromatic nitrogens is 2. The van der Waals surface area contributed by atoms with E-state index in [4.69, 9.17) is 16.7 Å². The number of rotatable bonds is 3. The minimum absolute atomic E-state index is 0.0611. The van der Waals surface area contributed by atoms with Gasteiger partial charge in [0.15, 0.2) is 14.9 Å². The summed E-state index contributed by atoms with van der Waals surface area (Å²) in [5, 5.41) is 10.4. The molecular weight excluding hydrogens is 432 g/mol. The molecule has 6 nitrogen and oxygen atoms in total. The molecule has 0 fully saturated rings. The highest BCUT2D eigenvalue weighted by atomic mass is 35.5. The summed E-state index contributed by atoms with van der Waals surface area (Å²) in [6.07, 6.45) is 3.45. The summed E-state index contributed by atoms with van der Waals surface area (Å²) in [6.45, 7) is 2.68. The fourth-order valence-corrected chi connectivity index (χ4v) is 4.77. The van der Waals surface area contributed by atoms with Crippen LogP contribution in [0.2, 0.25) is 5.02 Å². The number of sulfone groups is 1. The summed E-state index contributed by atoms with van der Waals surface area (Å²) in [5.41, 5.74) is 2.79. The lowest BCUT2D eigenvalue weighted by Crippen LogP contribution is -2.03. The summed E-state index contributed by atoms with van der Waals surface area (Å²) in [6, 6.07) is 9.25. The third kappa shape index (κ3) is 4.76. The van der Waals surface area contributed by atoms with Crippen molar-refractivity contribution in [3.8, 4) is 0 Å². The summed E-state index contributed by atoms with van der Waals surface area (Å²) < 4.78 is 25.5. The lowest BCUT2D eigenvalue weighted by atomic mass is 10.0. The molecule has 1 aromatic carbocycles. The second-order valence-corrected chi connectivity index (χ2v) is 9.91. The van der Waals surface area contributed by atoms with Crippen molar-refractivity contribution in [3.05, 3.63) is 52.8 Å². The predicted octanol–water partition coefficient (Wildman–Crippen LogP) is 4.34. The molecule has 0 amide bonds. The van der Waals surface area contributed by atoms with E-state index in [0.29, 0.717) is 11.9 Å². The van der Waals surface area contributed by atoms with Gasteiger partial charge in [0, 0.05) is 45.9 Å². The molecule has 154 valence electrons. The number of hydrogen-bond acceptors (Lipinski definition) is 5. The van der Waals surface area contributed by atoms with E-state index in [1.165, 1.54) is 6.20 Å². The Morgan fingerprint density at radius 1 is 1.34 bits per heavy atom. The van der Waals surface area contributed by atoms with Crippen LogP contribution < -0.4 is 0 Å². The number of halogens is 1. The van der Waals surface area contributed by atoms with Gasteiger partial charge in [0.05, 0.1) is 11.9 Å². The Bertz CT molecular complexity index is 1190. The topological polar surface area (TPSA) is 89.3 Å². The van der Waals surface area contributed by atoms with E-state index in [2.05, 4.69) is 17.6 Å². The van der Waals surface area contributed by atoms with E-state index in [1.807, 2.05) is 29.7 Å². The van der Waals surface area contributed by atoms with Crippen molar-refractivity contribution in [2.24, 2.45) is 0 Å². The van der Waals surface area contributed by atoms with Gasteiger partial charge in [0.2, 0.25) is 0 Å². The molecule has 1 atom stereocenters. The van der Waals surface area contributed by atoms with Gasteiger partial charge in [-0.3, -0.25) is 4.79 Å². The van der Waals surface area contributed by atoms with E-state index in [0.717, 1.165) is 39.4 Å². The zero-order valence-electron chi connectivity index (χ0n) is 16.0. The molecule has 29 heavy (non-hydrogen) atoms. The number of pyridine rings is 1. The van der Waals surface area contributed by atoms with Crippen LogP contribution >= 0.6 is 24.2 Å². The minimum Gasteiger partial charge on any atom is -0.481 e. The highest BCUT2D eigenvalue weighted by Crippen LogP contribution is 2.37. The lowest BCUT2D eigenvalue weighted by molar-refractivity contribution is -0.137. The van der Waals surface area contributed by atoms with Crippen molar-refractivity contribution in [2.45, 2.75) is 42.1 Å². The number of benzene rings is 1. The van der Waals surface area contributed by atoms with E-state index in [1.54, 1.807) is 12.1 Å². The summed E-state index contributed by atoms with van der Waals surface area (Å²) in [7, 11) is -3.40. The number of hydrogen-bond donors (Lipinski definition) is 2. The maximum Gasteiger partial charge on any atom is 0.304 e. The number of thiol groups is 1. The van der Waals surface area contributed by atoms with Crippen LogP contribution in [0, 0.1) is 6.92 Å². The van der Waals surface area contributed by atoms with Crippen molar-refractivity contribution in [2.75, 3.05) is 6.26 Å². The zero-order valence-corrected chi connectivity index (χ0v) is 18.4. The average Bonchev–Trinajstić information content (AvgIpc) is 3.17. The van der Waals surface area contributed by atoms with Crippen LogP contribution in [-0.4, -0.2) is 35.3 Å². The van der Waals surface area contributed by atoms with Crippen LogP contribution in [0.1, 0.15) is 30.0 Å². The van der Waals surface area contributed by atoms with Crippen LogP contribution in [0.25, 0.3) is 10.9 Å². The normalized spacial score (nSPS) is 15.7. The molecule has 0 bridgehead atoms. The largest absolute Gasteiger partial charge is 0.481 e. The first-order valence-corrected chi connectivity index (χ1v) is 11.6. The molecule has 3 heterocycles. The maximum absolute atomic E-state index is 11.8. The van der Waals surface area contributed by atoms with E-state index >= 15 is 0 Å². The molecule has 4 rings (SSSR count). The highest BCUT2D eigenvalue weighted by Gasteiger charge is 2.28. The molecular formula is C20H21ClN2O4S2. The molecule has 0 spiro atoms. The first kappa shape index (κ1) is 21.7. The first-order chi connectivity index (χ1) is 13.6. The lowest BCUT2D eigenvalue weighted by Gasteiger charge is -2.04. The van der Waals surface area contributed by atoms with Gasteiger partial charge in [0.1, 0.15) is 0 Å². The molecule has 3 aromatic rings. The van der Waals surface area contributed by atoms with E-state index < -0.39 is 15.8 Å². The Kier molecular flexibility index (Phi) is 6.26. The standard InChI is InChI=1S/C13H14N2O4S.C7H7ClS/c1-20(18,19)13-9-7-11-8(6-12(16)17)3-5-15(11)10(9)2-4-14-13;1-5-2-3-6(9)4-7(5)8/h2,4,7-8H,3,5-6H2,1H3,(H,16,17);2-4,9H,1H3. The van der Waals surface area contributed by atoms with Gasteiger partial charge in [0.25, 0.3) is 0 Å². The van der Waals surface area contributed by atoms with Gasteiger partial charge < -0.3 is 9.67 Å². The quantitative estimate of drug-likeness (QED) is 0.577. The van der Waals surface area contributed by atoms with Gasteiger partial charge in [-0.15, -0.1) is 12.6 Å². The van der Waals surface area contributed by atoms with E-state index in [9.17, 15) is 13.2 Å². The zero-order chi connectivity index (χ0) is 21.3. The molecule has 1 aliphatic rings. The van der Waals surface area contributed by atoms with Crippen LogP contribution in [0.5, 0.6) is 0 Å². The second kappa shape index (κ2) is 8.38. The van der Waals surface area contributed by atoms with Crippen molar-refractivity contribution in [1.82, 2.24) is 9.55 Å². The Hall–Kier alpha value is -2.03. The third-order valence-corrected chi connectivity index (χ3v) is 6.59. The van der Waals surface area contributed by atoms with Crippen molar-refractivity contribution in [1.29, 1.82) is 0 Å². The Morgan fingerprint density at radius 3 is 2.66 bits per heavy atom. The highest BCUT2D eigenvalue weighted by molar-refractivity contribution is 7.90. The number of nitrogens with zero attached hydrogens (tertiary/aromatic N) is 2. The van der Waals surface area contributed by atoms with Crippen LogP contribution in [0.4, 0.5) is 0 Å². The average molecular weight is 453 g/mol. The van der Waals surface area contributed by atoms with Gasteiger partial charge in [-0.25, -0.2) is 13.4 Å². The van der Waals surface area contributed by atoms with Crippen molar-refractivity contribution in [3.63, 3.8) is 0 Å². The van der Waals surface area contributed by atoms with Crippen molar-refractivity contribution >= 4 is 50.9 Å². The third-order valence-electron chi connectivity index (χ3n) is 4.87. The predicted molar refractivity (Wildman–Crippen MR) is 116 cm³/mol. The number of carboxylic acid groups (broad SMARTS) is 1. The van der Waals surface area contributed by atoms with Crippen LogP contribution in [-0.2, 0) is 21.2 Å². The van der Waals surface area contributed by atoms with Gasteiger partial charge >= 0.3 is 5.97 Å². The molecule has 0 radical (unpaired) electrons. The summed E-state index contributed by atoms with van der Waals surface area (Å²) in [4.78, 5) is 15.8. The second-order valence-electron chi connectivity index (χ2n) is 7.06. The molecule has 1 aliphatic heterocycles. The first-order valence-electron chi connectivity index (χ1n) is 8.93. The number of carbonyl (C=O) groups is 1. The van der Waals surface area contributed by atoms with E-state index in [-0.39, 0.29) is 17.4 Å². The minimum atomic E-state index is -3.40. The monoisotopic (exact) mass is 452 g/mol. The SMILES string of the molecule is CS(=O)(=O)c1nccc2c1cc1n2CCC1CC(=O)O.Cc1ccc(S)cc1Cl. The number of carboxylic acids is 1. The van der Waals surface area contributed by atoms with Crippen LogP contribution in [0.15, 0.2) is 46.5 Å². The maximum atomic E-state index is 11.8. The molecule has 9 heteroatoms. The van der Waals surface area contributed by atoms with Crippen LogP contribution in [0.3, 0.4) is 0 Å². The fourth-order valence-electron chi connectivity index (χ4n) is 3.50. The fraction of sp³-hybridized carbons (Fsp3) is 0.300. The summed E-state index contributed by atoms with van der Waals surface area (Å²) >= 11 is 9.88. The Morgan fingerprint density at radius 2 is 2.07 bits per heavy atom. The molecule has 1 unspecified atom stereocenters. The number of fused-ring (bicyclic) bond motifs is 3. The van der Waals surface area contributed by atoms with Gasteiger partial charge in [-0.2, -0.15) is 0 Å². The van der Waals surface area contributed by atoms with Gasteiger partial charge in [-0.1, -0.05) is 17.7 Å². The van der Waals surface area contributed by atoms with Crippen molar-refractivity contribution < 1.29 is 18.3 Å². The molecule has 0 aliphatic carbocycles. The Labute approximate surface area is 179 Å². The van der Waals surface area contributed by atoms with Gasteiger partial charge in [-0.05, 0) is 43.2 Å². The summed E-state index contributed by atoms with van der Waals surface area (Å²) in [5.74, 6) is -0.900. The molecule has 1 N–H and O–H groups in total.